The molecule has 1 aliphatic heterocycles. The number of nitrogens with one attached hydrogen (secondary N) is 1. The van der Waals surface area contributed by atoms with Crippen molar-refractivity contribution in [2.24, 2.45) is 0 Å². The van der Waals surface area contributed by atoms with Gasteiger partial charge in [-0.05, 0) is 32.4 Å². The van der Waals surface area contributed by atoms with Gasteiger partial charge in [0.25, 0.3) is 5.91 Å². The van der Waals surface area contributed by atoms with E-state index in [2.05, 4.69) is 12.2 Å². The number of hydrogen-bond acceptors (Lipinski definition) is 2. The molecular formula is C14H21ClN2O. The third-order valence-corrected chi connectivity index (χ3v) is 3.39. The summed E-state index contributed by atoms with van der Waals surface area (Å²) in [6, 6.07) is 6.34. The van der Waals surface area contributed by atoms with E-state index in [9.17, 15) is 4.79 Å². The number of amides is 1. The van der Waals surface area contributed by atoms with E-state index >= 15 is 0 Å². The minimum atomic E-state index is 0. The summed E-state index contributed by atoms with van der Waals surface area (Å²) in [6.45, 7) is 8.69. The molecule has 1 aromatic rings. The van der Waals surface area contributed by atoms with Gasteiger partial charge in [0, 0.05) is 31.2 Å². The van der Waals surface area contributed by atoms with E-state index in [0.717, 1.165) is 36.3 Å². The molecule has 1 heterocycles. The van der Waals surface area contributed by atoms with Gasteiger partial charge in [-0.15, -0.1) is 12.4 Å². The molecular weight excluding hydrogens is 248 g/mol. The number of hydrogen-bond donors (Lipinski definition) is 1. The predicted molar refractivity (Wildman–Crippen MR) is 76.5 cm³/mol. The third kappa shape index (κ3) is 3.03. The first-order valence-electron chi connectivity index (χ1n) is 6.18. The van der Waals surface area contributed by atoms with Gasteiger partial charge in [0.15, 0.2) is 0 Å². The van der Waals surface area contributed by atoms with Crippen LogP contribution in [0.4, 0.5) is 0 Å². The smallest absolute Gasteiger partial charge is 0.254 e. The van der Waals surface area contributed by atoms with Crippen molar-refractivity contribution in [3.8, 4) is 0 Å². The fraction of sp³-hybridized carbons (Fsp3) is 0.500. The number of carbonyl (C=O) groups excluding carboxylic acids is 1. The van der Waals surface area contributed by atoms with Gasteiger partial charge in [-0.1, -0.05) is 17.7 Å². The van der Waals surface area contributed by atoms with Crippen molar-refractivity contribution >= 4 is 18.3 Å². The Labute approximate surface area is 115 Å². The molecule has 1 unspecified atom stereocenters. The van der Waals surface area contributed by atoms with Crippen molar-refractivity contribution in [1.29, 1.82) is 0 Å². The van der Waals surface area contributed by atoms with Crippen molar-refractivity contribution in [3.63, 3.8) is 0 Å². The van der Waals surface area contributed by atoms with Gasteiger partial charge in [-0.25, -0.2) is 0 Å². The van der Waals surface area contributed by atoms with E-state index in [0.29, 0.717) is 0 Å². The van der Waals surface area contributed by atoms with E-state index in [-0.39, 0.29) is 24.4 Å². The summed E-state index contributed by atoms with van der Waals surface area (Å²) in [5, 5.41) is 3.30. The number of piperazine rings is 1. The van der Waals surface area contributed by atoms with Crippen molar-refractivity contribution < 1.29 is 4.79 Å². The van der Waals surface area contributed by atoms with Gasteiger partial charge in [0.1, 0.15) is 0 Å². The highest BCUT2D eigenvalue weighted by Gasteiger charge is 2.24. The molecule has 0 bridgehead atoms. The van der Waals surface area contributed by atoms with Crippen LogP contribution in [0.15, 0.2) is 18.2 Å². The Kier molecular flexibility index (Phi) is 5.17. The molecule has 1 fully saturated rings. The van der Waals surface area contributed by atoms with Crippen molar-refractivity contribution in [3.05, 3.63) is 34.9 Å². The molecule has 0 aromatic heterocycles. The van der Waals surface area contributed by atoms with Gasteiger partial charge < -0.3 is 10.2 Å². The van der Waals surface area contributed by atoms with Gasteiger partial charge >= 0.3 is 0 Å². The van der Waals surface area contributed by atoms with Gasteiger partial charge in [-0.2, -0.15) is 0 Å². The number of carbonyl (C=O) groups is 1. The number of rotatable bonds is 1. The number of aryl methyl sites for hydroxylation is 2. The first kappa shape index (κ1) is 15.0. The summed E-state index contributed by atoms with van der Waals surface area (Å²) >= 11 is 0. The lowest BCUT2D eigenvalue weighted by molar-refractivity contribution is 0.0655. The Balaban J connectivity index is 0.00000162. The molecule has 0 aliphatic carbocycles. The number of benzene rings is 1. The van der Waals surface area contributed by atoms with Crippen LogP contribution in [0.25, 0.3) is 0 Å². The molecule has 0 saturated carbocycles. The predicted octanol–water partition coefficient (Wildman–Crippen LogP) is 2.16. The van der Waals surface area contributed by atoms with Crippen LogP contribution in [0.3, 0.4) is 0 Å². The highest BCUT2D eigenvalue weighted by molar-refractivity contribution is 5.96. The fourth-order valence-electron chi connectivity index (χ4n) is 2.26. The quantitative estimate of drug-likeness (QED) is 0.847. The van der Waals surface area contributed by atoms with Crippen LogP contribution in [0.5, 0.6) is 0 Å². The summed E-state index contributed by atoms with van der Waals surface area (Å²) < 4.78 is 0. The molecule has 0 radical (unpaired) electrons. The molecule has 1 aliphatic rings. The number of halogens is 1. The zero-order valence-corrected chi connectivity index (χ0v) is 12.0. The maximum absolute atomic E-state index is 12.5. The molecule has 1 N–H and O–H groups in total. The van der Waals surface area contributed by atoms with Crippen LogP contribution >= 0.6 is 12.4 Å². The zero-order valence-electron chi connectivity index (χ0n) is 11.2. The van der Waals surface area contributed by atoms with E-state index in [1.54, 1.807) is 0 Å². The van der Waals surface area contributed by atoms with Gasteiger partial charge in [0.05, 0.1) is 0 Å². The van der Waals surface area contributed by atoms with Gasteiger partial charge in [-0.3, -0.25) is 4.79 Å². The lowest BCUT2D eigenvalue weighted by atomic mass is 10.0. The number of nitrogens with zero attached hydrogens (tertiary/aromatic N) is 1. The average molecular weight is 269 g/mol. The molecule has 18 heavy (non-hydrogen) atoms. The second-order valence-electron chi connectivity index (χ2n) is 4.87. The highest BCUT2D eigenvalue weighted by atomic mass is 35.5. The second kappa shape index (κ2) is 6.21. The molecule has 1 aromatic carbocycles. The molecule has 2 rings (SSSR count). The van der Waals surface area contributed by atoms with Crippen molar-refractivity contribution in [2.45, 2.75) is 26.8 Å². The topological polar surface area (TPSA) is 32.3 Å². The Bertz CT molecular complexity index is 434. The first-order chi connectivity index (χ1) is 8.09. The first-order valence-corrected chi connectivity index (χ1v) is 6.18. The molecule has 1 saturated heterocycles. The summed E-state index contributed by atoms with van der Waals surface area (Å²) in [4.78, 5) is 14.5. The molecule has 3 nitrogen and oxygen atoms in total. The average Bonchev–Trinajstić information content (AvgIpc) is 2.32. The molecule has 100 valence electrons. The Morgan fingerprint density at radius 1 is 1.39 bits per heavy atom. The summed E-state index contributed by atoms with van der Waals surface area (Å²) in [5.74, 6) is 0.167. The normalized spacial score (nSPS) is 19.3. The standard InChI is InChI=1S/C14H20N2O.ClH/c1-10-4-5-11(2)13(8-10)14(17)16-7-6-15-9-12(16)3;/h4-5,8,12,15H,6-7,9H2,1-3H3;1H. The van der Waals surface area contributed by atoms with Crippen LogP contribution in [0, 0.1) is 13.8 Å². The van der Waals surface area contributed by atoms with Gasteiger partial charge in [0.2, 0.25) is 0 Å². The van der Waals surface area contributed by atoms with Crippen LogP contribution in [0.1, 0.15) is 28.4 Å². The minimum absolute atomic E-state index is 0. The summed E-state index contributed by atoms with van der Waals surface area (Å²) in [5.41, 5.74) is 3.05. The Hall–Kier alpha value is -1.06. The lowest BCUT2D eigenvalue weighted by Gasteiger charge is -2.34. The minimum Gasteiger partial charge on any atom is -0.333 e. The summed E-state index contributed by atoms with van der Waals surface area (Å²) in [6.07, 6.45) is 0. The van der Waals surface area contributed by atoms with Crippen LogP contribution in [-0.2, 0) is 0 Å². The SMILES string of the molecule is Cc1ccc(C)c(C(=O)N2CCNCC2C)c1.Cl. The lowest BCUT2D eigenvalue weighted by Crippen LogP contribution is -2.52. The maximum atomic E-state index is 12.5. The van der Waals surface area contributed by atoms with E-state index in [4.69, 9.17) is 0 Å². The zero-order chi connectivity index (χ0) is 12.4. The summed E-state index contributed by atoms with van der Waals surface area (Å²) in [7, 11) is 0. The van der Waals surface area contributed by atoms with Crippen molar-refractivity contribution in [2.75, 3.05) is 19.6 Å². The molecule has 0 spiro atoms. The van der Waals surface area contributed by atoms with Crippen LogP contribution < -0.4 is 5.32 Å². The highest BCUT2D eigenvalue weighted by Crippen LogP contribution is 2.15. The fourth-order valence-corrected chi connectivity index (χ4v) is 2.26. The Morgan fingerprint density at radius 2 is 2.11 bits per heavy atom. The molecule has 1 amide bonds. The molecule has 1 atom stereocenters. The molecule has 4 heteroatoms. The van der Waals surface area contributed by atoms with E-state index in [1.807, 2.05) is 36.9 Å². The van der Waals surface area contributed by atoms with E-state index < -0.39 is 0 Å². The largest absolute Gasteiger partial charge is 0.333 e. The monoisotopic (exact) mass is 268 g/mol. The van der Waals surface area contributed by atoms with Crippen LogP contribution in [0.2, 0.25) is 0 Å². The van der Waals surface area contributed by atoms with E-state index in [1.165, 1.54) is 0 Å². The van der Waals surface area contributed by atoms with Crippen molar-refractivity contribution in [1.82, 2.24) is 10.2 Å². The van der Waals surface area contributed by atoms with Crippen LogP contribution in [-0.4, -0.2) is 36.5 Å². The second-order valence-corrected chi connectivity index (χ2v) is 4.87. The third-order valence-electron chi connectivity index (χ3n) is 3.39. The maximum Gasteiger partial charge on any atom is 0.254 e. The Morgan fingerprint density at radius 3 is 2.78 bits per heavy atom.